The molecule has 114 valence electrons. The second-order valence-electron chi connectivity index (χ2n) is 7.75. The topological polar surface area (TPSA) is 50.7 Å². The van der Waals surface area contributed by atoms with Crippen LogP contribution in [0, 0.1) is 17.8 Å². The number of hydrogen-bond acceptors (Lipinski definition) is 3. The quantitative estimate of drug-likeness (QED) is 0.788. The summed E-state index contributed by atoms with van der Waals surface area (Å²) in [5, 5.41) is 3.09. The molecule has 1 unspecified atom stereocenters. The molecular formula is C16H28N2O2. The van der Waals surface area contributed by atoms with Gasteiger partial charge in [0, 0.05) is 18.8 Å². The fourth-order valence-electron chi connectivity index (χ4n) is 3.98. The van der Waals surface area contributed by atoms with Crippen LogP contribution in [-0.4, -0.2) is 30.5 Å². The molecule has 2 saturated carbocycles. The van der Waals surface area contributed by atoms with Crippen LogP contribution in [0.15, 0.2) is 4.99 Å². The maximum atomic E-state index is 12.0. The first-order valence-electron chi connectivity index (χ1n) is 7.64. The molecule has 4 atom stereocenters. The van der Waals surface area contributed by atoms with Gasteiger partial charge in [-0.15, -0.1) is 0 Å². The number of alkyl carbamates (subject to hydrolysis) is 1. The summed E-state index contributed by atoms with van der Waals surface area (Å²) in [4.78, 5) is 16.1. The van der Waals surface area contributed by atoms with Crippen molar-refractivity contribution >= 4 is 12.3 Å². The van der Waals surface area contributed by atoms with Crippen LogP contribution in [0.2, 0.25) is 0 Å². The van der Waals surface area contributed by atoms with Crippen LogP contribution < -0.4 is 5.32 Å². The van der Waals surface area contributed by atoms with E-state index in [1.165, 1.54) is 12.8 Å². The zero-order valence-electron chi connectivity index (χ0n) is 13.4. The molecule has 4 nitrogen and oxygen atoms in total. The Hall–Kier alpha value is -1.06. The third-order valence-electron chi connectivity index (χ3n) is 4.47. The maximum absolute atomic E-state index is 12.0. The van der Waals surface area contributed by atoms with E-state index in [9.17, 15) is 4.79 Å². The van der Waals surface area contributed by atoms with Crippen molar-refractivity contribution in [1.82, 2.24) is 5.32 Å². The van der Waals surface area contributed by atoms with Gasteiger partial charge in [0.2, 0.25) is 0 Å². The SMILES string of the molecule is C/N=C/C1C[C@@H]2C[C@@](C)(NC(=O)OC(C)(C)C)C[C@@H]2C1. The first-order valence-corrected chi connectivity index (χ1v) is 7.64. The molecule has 0 radical (unpaired) electrons. The molecule has 1 N–H and O–H groups in total. The lowest BCUT2D eigenvalue weighted by molar-refractivity contribution is 0.0461. The first kappa shape index (κ1) is 15.3. The van der Waals surface area contributed by atoms with Gasteiger partial charge in [0.05, 0.1) is 0 Å². The monoisotopic (exact) mass is 280 g/mol. The number of nitrogens with zero attached hydrogens (tertiary/aromatic N) is 1. The van der Waals surface area contributed by atoms with Gasteiger partial charge in [-0.2, -0.15) is 0 Å². The molecule has 4 heteroatoms. The summed E-state index contributed by atoms with van der Waals surface area (Å²) in [6.45, 7) is 7.84. The molecule has 2 rings (SSSR count). The summed E-state index contributed by atoms with van der Waals surface area (Å²) in [5.41, 5.74) is -0.538. The normalized spacial score (nSPS) is 37.1. The largest absolute Gasteiger partial charge is 0.444 e. The average Bonchev–Trinajstić information content (AvgIpc) is 2.68. The minimum atomic E-state index is -0.433. The van der Waals surface area contributed by atoms with E-state index in [1.807, 2.05) is 27.8 Å². The third-order valence-corrected chi connectivity index (χ3v) is 4.47. The lowest BCUT2D eigenvalue weighted by Gasteiger charge is -2.29. The fraction of sp³-hybridized carbons (Fsp3) is 0.875. The Bertz CT molecular complexity index is 384. The minimum absolute atomic E-state index is 0.105. The molecule has 2 fully saturated rings. The number of nitrogens with one attached hydrogen (secondary N) is 1. The number of carbonyl (C=O) groups is 1. The lowest BCUT2D eigenvalue weighted by atomic mass is 9.94. The van der Waals surface area contributed by atoms with Gasteiger partial charge in [-0.05, 0) is 71.1 Å². The molecule has 2 aliphatic rings. The molecule has 0 aromatic rings. The van der Waals surface area contributed by atoms with E-state index in [2.05, 4.69) is 23.4 Å². The highest BCUT2D eigenvalue weighted by Gasteiger charge is 2.47. The van der Waals surface area contributed by atoms with Crippen molar-refractivity contribution in [3.63, 3.8) is 0 Å². The maximum Gasteiger partial charge on any atom is 0.408 e. The average molecular weight is 280 g/mol. The molecule has 0 bridgehead atoms. The lowest BCUT2D eigenvalue weighted by Crippen LogP contribution is -2.46. The van der Waals surface area contributed by atoms with Gasteiger partial charge in [-0.3, -0.25) is 0 Å². The molecular weight excluding hydrogens is 252 g/mol. The molecule has 0 aromatic carbocycles. The van der Waals surface area contributed by atoms with Gasteiger partial charge in [-0.1, -0.05) is 0 Å². The Balaban J connectivity index is 1.88. The molecule has 0 aliphatic heterocycles. The highest BCUT2D eigenvalue weighted by Crippen LogP contribution is 2.50. The molecule has 0 saturated heterocycles. The number of carbonyl (C=O) groups excluding carboxylic acids is 1. The summed E-state index contributed by atoms with van der Waals surface area (Å²) >= 11 is 0. The van der Waals surface area contributed by atoms with E-state index in [0.29, 0.717) is 5.92 Å². The second kappa shape index (κ2) is 5.38. The minimum Gasteiger partial charge on any atom is -0.444 e. The van der Waals surface area contributed by atoms with Crippen molar-refractivity contribution in [2.75, 3.05) is 7.05 Å². The smallest absolute Gasteiger partial charge is 0.408 e. The zero-order chi connectivity index (χ0) is 15.0. The van der Waals surface area contributed by atoms with E-state index in [4.69, 9.17) is 4.74 Å². The Morgan fingerprint density at radius 2 is 1.85 bits per heavy atom. The van der Waals surface area contributed by atoms with Crippen LogP contribution in [0.3, 0.4) is 0 Å². The number of fused-ring (bicyclic) bond motifs is 1. The van der Waals surface area contributed by atoms with E-state index < -0.39 is 5.60 Å². The number of amides is 1. The Morgan fingerprint density at radius 3 is 2.30 bits per heavy atom. The molecule has 0 spiro atoms. The predicted octanol–water partition coefficient (Wildman–Crippen LogP) is 3.41. The van der Waals surface area contributed by atoms with Crippen molar-refractivity contribution in [1.29, 1.82) is 0 Å². The van der Waals surface area contributed by atoms with Crippen LogP contribution >= 0.6 is 0 Å². The van der Waals surface area contributed by atoms with Crippen LogP contribution in [0.1, 0.15) is 53.4 Å². The summed E-state index contributed by atoms with van der Waals surface area (Å²) in [6, 6.07) is 0. The Kier molecular flexibility index (Phi) is 4.12. The van der Waals surface area contributed by atoms with Gasteiger partial charge in [0.15, 0.2) is 0 Å². The Morgan fingerprint density at radius 1 is 1.30 bits per heavy atom. The standard InChI is InChI=1S/C16H28N2O2/c1-15(2,3)20-14(19)18-16(4)8-12-6-11(10-17-5)7-13(12)9-16/h10-13H,6-9H2,1-5H3,(H,18,19)/b17-10+/t11?,12-,13+,16-. The van der Waals surface area contributed by atoms with Crippen LogP contribution in [-0.2, 0) is 4.74 Å². The highest BCUT2D eigenvalue weighted by molar-refractivity contribution is 5.69. The van der Waals surface area contributed by atoms with Gasteiger partial charge >= 0.3 is 6.09 Å². The second-order valence-corrected chi connectivity index (χ2v) is 7.75. The van der Waals surface area contributed by atoms with E-state index in [-0.39, 0.29) is 11.6 Å². The van der Waals surface area contributed by atoms with Crippen LogP contribution in [0.25, 0.3) is 0 Å². The van der Waals surface area contributed by atoms with Crippen molar-refractivity contribution in [3.05, 3.63) is 0 Å². The van der Waals surface area contributed by atoms with E-state index >= 15 is 0 Å². The first-order chi connectivity index (χ1) is 9.21. The Labute approximate surface area is 122 Å². The van der Waals surface area contributed by atoms with Crippen LogP contribution in [0.5, 0.6) is 0 Å². The van der Waals surface area contributed by atoms with Gasteiger partial charge in [-0.25, -0.2) is 4.79 Å². The molecule has 0 heterocycles. The number of hydrogen-bond donors (Lipinski definition) is 1. The fourth-order valence-corrected chi connectivity index (χ4v) is 3.98. The summed E-state index contributed by atoms with van der Waals surface area (Å²) in [5.74, 6) is 2.08. The number of rotatable bonds is 2. The number of aliphatic imine (C=N–C) groups is 1. The van der Waals surface area contributed by atoms with Crippen molar-refractivity contribution in [3.8, 4) is 0 Å². The molecule has 0 aromatic heterocycles. The predicted molar refractivity (Wildman–Crippen MR) is 81.1 cm³/mol. The summed E-state index contributed by atoms with van der Waals surface area (Å²) < 4.78 is 5.38. The van der Waals surface area contributed by atoms with Gasteiger partial charge < -0.3 is 15.0 Å². The third kappa shape index (κ3) is 3.74. The molecule has 20 heavy (non-hydrogen) atoms. The van der Waals surface area contributed by atoms with Gasteiger partial charge in [0.1, 0.15) is 5.60 Å². The summed E-state index contributed by atoms with van der Waals surface area (Å²) in [7, 11) is 1.85. The van der Waals surface area contributed by atoms with Crippen molar-refractivity contribution in [2.45, 2.75) is 64.5 Å². The van der Waals surface area contributed by atoms with Crippen molar-refractivity contribution < 1.29 is 9.53 Å². The highest BCUT2D eigenvalue weighted by atomic mass is 16.6. The molecule has 2 aliphatic carbocycles. The molecule has 1 amide bonds. The number of ether oxygens (including phenoxy) is 1. The van der Waals surface area contributed by atoms with E-state index in [0.717, 1.165) is 24.7 Å². The zero-order valence-corrected chi connectivity index (χ0v) is 13.4. The van der Waals surface area contributed by atoms with Crippen LogP contribution in [0.4, 0.5) is 4.79 Å². The van der Waals surface area contributed by atoms with E-state index in [1.54, 1.807) is 0 Å². The van der Waals surface area contributed by atoms with Crippen molar-refractivity contribution in [2.24, 2.45) is 22.7 Å². The summed E-state index contributed by atoms with van der Waals surface area (Å²) in [6.07, 6.45) is 6.36. The van der Waals surface area contributed by atoms with Gasteiger partial charge in [0.25, 0.3) is 0 Å².